The highest BCUT2D eigenvalue weighted by molar-refractivity contribution is 7.89. The van der Waals surface area contributed by atoms with E-state index in [2.05, 4.69) is 20.7 Å². The summed E-state index contributed by atoms with van der Waals surface area (Å²) in [4.78, 5) is 6.64. The summed E-state index contributed by atoms with van der Waals surface area (Å²) in [5.41, 5.74) is 1.65. The summed E-state index contributed by atoms with van der Waals surface area (Å²) in [5, 5.41) is 0. The third-order valence-corrected chi connectivity index (χ3v) is 6.58. The zero-order valence-corrected chi connectivity index (χ0v) is 14.0. The maximum absolute atomic E-state index is 11.6. The number of rotatable bonds is 5. The van der Waals surface area contributed by atoms with Crippen molar-refractivity contribution in [3.8, 4) is 0 Å². The standard InChI is InChI=1S/C16H25N3O2S/c1-2-22(20,21)18-15-10-16(11-15)5-8-19(9-6-16)13-14-4-3-7-17-12-14/h3-4,7,12,15,18H,2,5-6,8-11,13H2,1H3. The summed E-state index contributed by atoms with van der Waals surface area (Å²) >= 11 is 0. The molecule has 2 heterocycles. The van der Waals surface area contributed by atoms with E-state index in [1.54, 1.807) is 13.1 Å². The Morgan fingerprint density at radius 2 is 2.09 bits per heavy atom. The largest absolute Gasteiger partial charge is 0.299 e. The van der Waals surface area contributed by atoms with Crippen LogP contribution < -0.4 is 4.72 Å². The lowest BCUT2D eigenvalue weighted by molar-refractivity contribution is 0.0106. The summed E-state index contributed by atoms with van der Waals surface area (Å²) < 4.78 is 26.0. The molecule has 2 aliphatic rings. The molecule has 0 bridgehead atoms. The van der Waals surface area contributed by atoms with Crippen molar-refractivity contribution >= 4 is 10.0 Å². The van der Waals surface area contributed by atoms with Gasteiger partial charge in [0.05, 0.1) is 5.75 Å². The molecule has 22 heavy (non-hydrogen) atoms. The van der Waals surface area contributed by atoms with E-state index in [-0.39, 0.29) is 11.8 Å². The van der Waals surface area contributed by atoms with Crippen molar-refractivity contribution in [1.82, 2.24) is 14.6 Å². The van der Waals surface area contributed by atoms with Crippen LogP contribution in [-0.2, 0) is 16.6 Å². The van der Waals surface area contributed by atoms with Gasteiger partial charge in [0, 0.05) is 25.0 Å². The van der Waals surface area contributed by atoms with Crippen molar-refractivity contribution in [2.45, 2.75) is 45.2 Å². The van der Waals surface area contributed by atoms with Crippen LogP contribution in [0.25, 0.3) is 0 Å². The summed E-state index contributed by atoms with van der Waals surface area (Å²) in [6, 6.07) is 4.27. The highest BCUT2D eigenvalue weighted by Crippen LogP contribution is 2.49. The van der Waals surface area contributed by atoms with Gasteiger partial charge in [-0.1, -0.05) is 6.07 Å². The molecular weight excluding hydrogens is 298 g/mol. The van der Waals surface area contributed by atoms with Gasteiger partial charge in [-0.2, -0.15) is 0 Å². The predicted molar refractivity (Wildman–Crippen MR) is 86.8 cm³/mol. The zero-order chi connectivity index (χ0) is 15.6. The zero-order valence-electron chi connectivity index (χ0n) is 13.2. The highest BCUT2D eigenvalue weighted by atomic mass is 32.2. The Balaban J connectivity index is 1.45. The lowest BCUT2D eigenvalue weighted by Gasteiger charge is -2.52. The van der Waals surface area contributed by atoms with Crippen molar-refractivity contribution in [2.75, 3.05) is 18.8 Å². The molecule has 122 valence electrons. The van der Waals surface area contributed by atoms with Crippen LogP contribution in [0.4, 0.5) is 0 Å². The first-order valence-electron chi connectivity index (χ1n) is 8.12. The number of hydrogen-bond donors (Lipinski definition) is 1. The van der Waals surface area contributed by atoms with Crippen molar-refractivity contribution in [3.63, 3.8) is 0 Å². The van der Waals surface area contributed by atoms with Crippen molar-refractivity contribution in [1.29, 1.82) is 0 Å². The second kappa shape index (κ2) is 6.26. The van der Waals surface area contributed by atoms with Gasteiger partial charge in [-0.05, 0) is 62.7 Å². The fourth-order valence-electron chi connectivity index (χ4n) is 3.75. The summed E-state index contributed by atoms with van der Waals surface area (Å²) in [7, 11) is -3.05. The van der Waals surface area contributed by atoms with Gasteiger partial charge in [-0.3, -0.25) is 9.88 Å². The Labute approximate surface area is 133 Å². The lowest BCUT2D eigenvalue weighted by atomic mass is 9.60. The fraction of sp³-hybridized carbons (Fsp3) is 0.688. The minimum absolute atomic E-state index is 0.162. The SMILES string of the molecule is CCS(=O)(=O)NC1CC2(CCN(Cc3cccnc3)CC2)C1. The lowest BCUT2D eigenvalue weighted by Crippen LogP contribution is -2.54. The Kier molecular flexibility index (Phi) is 4.52. The van der Waals surface area contributed by atoms with E-state index in [4.69, 9.17) is 0 Å². The Bertz CT molecular complexity index is 587. The first kappa shape index (κ1) is 15.9. The topological polar surface area (TPSA) is 62.3 Å². The number of aromatic nitrogens is 1. The van der Waals surface area contributed by atoms with Gasteiger partial charge in [-0.25, -0.2) is 13.1 Å². The quantitative estimate of drug-likeness (QED) is 0.897. The van der Waals surface area contributed by atoms with Crippen LogP contribution >= 0.6 is 0 Å². The Morgan fingerprint density at radius 3 is 2.68 bits per heavy atom. The molecule has 5 nitrogen and oxygen atoms in total. The number of nitrogens with one attached hydrogen (secondary N) is 1. The van der Waals surface area contributed by atoms with Gasteiger partial charge in [0.15, 0.2) is 0 Å². The minimum Gasteiger partial charge on any atom is -0.299 e. The van der Waals surface area contributed by atoms with Gasteiger partial charge in [-0.15, -0.1) is 0 Å². The smallest absolute Gasteiger partial charge is 0.211 e. The Hall–Kier alpha value is -0.980. The number of piperidine rings is 1. The van der Waals surface area contributed by atoms with E-state index in [1.165, 1.54) is 18.4 Å². The maximum atomic E-state index is 11.6. The van der Waals surface area contributed by atoms with Gasteiger partial charge >= 0.3 is 0 Å². The van der Waals surface area contributed by atoms with Gasteiger partial charge in [0.1, 0.15) is 0 Å². The molecule has 0 aromatic carbocycles. The van der Waals surface area contributed by atoms with Crippen LogP contribution in [0.5, 0.6) is 0 Å². The van der Waals surface area contributed by atoms with E-state index < -0.39 is 10.0 Å². The maximum Gasteiger partial charge on any atom is 0.211 e. The van der Waals surface area contributed by atoms with Crippen molar-refractivity contribution in [2.24, 2.45) is 5.41 Å². The monoisotopic (exact) mass is 323 g/mol. The second-order valence-electron chi connectivity index (χ2n) is 6.76. The molecular formula is C16H25N3O2S. The van der Waals surface area contributed by atoms with E-state index in [0.29, 0.717) is 5.41 Å². The van der Waals surface area contributed by atoms with Crippen LogP contribution in [0.2, 0.25) is 0 Å². The number of pyridine rings is 1. The number of nitrogens with zero attached hydrogens (tertiary/aromatic N) is 2. The average Bonchev–Trinajstić information content (AvgIpc) is 2.49. The normalized spacial score (nSPS) is 22.6. The summed E-state index contributed by atoms with van der Waals surface area (Å²) in [6.45, 7) is 4.85. The van der Waals surface area contributed by atoms with Crippen LogP contribution in [0.3, 0.4) is 0 Å². The highest BCUT2D eigenvalue weighted by Gasteiger charge is 2.46. The van der Waals surface area contributed by atoms with Crippen LogP contribution in [0, 0.1) is 5.41 Å². The van der Waals surface area contributed by atoms with Crippen LogP contribution in [0.15, 0.2) is 24.5 Å². The van der Waals surface area contributed by atoms with Crippen molar-refractivity contribution < 1.29 is 8.42 Å². The molecule has 0 amide bonds. The molecule has 3 rings (SSSR count). The third kappa shape index (κ3) is 3.67. The molecule has 0 radical (unpaired) electrons. The molecule has 1 aliphatic heterocycles. The van der Waals surface area contributed by atoms with E-state index in [9.17, 15) is 8.42 Å². The molecule has 0 atom stereocenters. The average molecular weight is 323 g/mol. The second-order valence-corrected chi connectivity index (χ2v) is 8.81. The molecule has 0 unspecified atom stereocenters. The van der Waals surface area contributed by atoms with E-state index >= 15 is 0 Å². The fourth-order valence-corrected chi connectivity index (χ4v) is 4.59. The molecule has 1 spiro atoms. The number of likely N-dealkylation sites (tertiary alicyclic amines) is 1. The van der Waals surface area contributed by atoms with Crippen molar-refractivity contribution in [3.05, 3.63) is 30.1 Å². The molecule has 1 saturated carbocycles. The molecule has 1 saturated heterocycles. The summed E-state index contributed by atoms with van der Waals surface area (Å²) in [5.74, 6) is 0.176. The molecule has 1 aliphatic carbocycles. The molecule has 1 aromatic heterocycles. The first-order valence-corrected chi connectivity index (χ1v) is 9.77. The third-order valence-electron chi connectivity index (χ3n) is 5.13. The Morgan fingerprint density at radius 1 is 1.36 bits per heavy atom. The van der Waals surface area contributed by atoms with E-state index in [1.807, 2.05) is 12.3 Å². The molecule has 2 fully saturated rings. The van der Waals surface area contributed by atoms with Crippen LogP contribution in [0.1, 0.15) is 38.2 Å². The predicted octanol–water partition coefficient (Wildman–Crippen LogP) is 1.77. The first-order chi connectivity index (χ1) is 10.5. The molecule has 1 aromatic rings. The molecule has 1 N–H and O–H groups in total. The van der Waals surface area contributed by atoms with E-state index in [0.717, 1.165) is 32.5 Å². The number of hydrogen-bond acceptors (Lipinski definition) is 4. The van der Waals surface area contributed by atoms with Gasteiger partial charge < -0.3 is 0 Å². The minimum atomic E-state index is -3.05. The van der Waals surface area contributed by atoms with Gasteiger partial charge in [0.2, 0.25) is 10.0 Å². The van der Waals surface area contributed by atoms with Gasteiger partial charge in [0.25, 0.3) is 0 Å². The summed E-state index contributed by atoms with van der Waals surface area (Å²) in [6.07, 6.45) is 8.11. The molecule has 6 heteroatoms. The number of sulfonamides is 1. The van der Waals surface area contributed by atoms with Crippen LogP contribution in [-0.4, -0.2) is 43.2 Å².